The summed E-state index contributed by atoms with van der Waals surface area (Å²) in [6.07, 6.45) is -12.1. The van der Waals surface area contributed by atoms with Crippen LogP contribution in [0.25, 0.3) is 5.57 Å². The van der Waals surface area contributed by atoms with Crippen LogP contribution in [0.1, 0.15) is 42.0 Å². The summed E-state index contributed by atoms with van der Waals surface area (Å²) < 4.78 is 82.4. The Morgan fingerprint density at radius 1 is 0.971 bits per heavy atom. The van der Waals surface area contributed by atoms with Crippen LogP contribution in [0.5, 0.6) is 5.75 Å². The maximum absolute atomic E-state index is 13.0. The van der Waals surface area contributed by atoms with Gasteiger partial charge in [0.05, 0.1) is 19.6 Å². The zero-order valence-corrected chi connectivity index (χ0v) is 18.7. The second kappa shape index (κ2) is 11.6. The first-order chi connectivity index (χ1) is 16.3. The second-order valence-electron chi connectivity index (χ2n) is 7.68. The maximum atomic E-state index is 13.0. The average molecular weight is 502 g/mol. The standard InChI is InChI=1S/C25H24F6O4/c1-2-18(6-4-10-23(34,25(29,30)31)16-24(26,27)28)19-5-3-7-22(12-19)35-15-17-8-9-20(13-32)21(11-17)14-33/h3,5-9,11-12,32-34H,2,13-16H2,1H3/b18-6+. The Labute approximate surface area is 198 Å². The number of rotatable bonds is 8. The Balaban J connectivity index is 2.24. The van der Waals surface area contributed by atoms with E-state index >= 15 is 0 Å². The second-order valence-corrected chi connectivity index (χ2v) is 7.68. The lowest BCUT2D eigenvalue weighted by Gasteiger charge is -2.26. The molecule has 1 atom stereocenters. The molecule has 2 aromatic carbocycles. The van der Waals surface area contributed by atoms with Crippen LogP contribution in [0.3, 0.4) is 0 Å². The number of aliphatic hydroxyl groups excluding tert-OH is 2. The molecule has 0 fully saturated rings. The maximum Gasteiger partial charge on any atom is 0.429 e. The largest absolute Gasteiger partial charge is 0.489 e. The van der Waals surface area contributed by atoms with Gasteiger partial charge in [-0.05, 0) is 58.5 Å². The van der Waals surface area contributed by atoms with Crippen molar-refractivity contribution in [3.8, 4) is 17.6 Å². The van der Waals surface area contributed by atoms with Gasteiger partial charge in [-0.1, -0.05) is 43.0 Å². The number of benzene rings is 2. The van der Waals surface area contributed by atoms with Crippen LogP contribution in [0.4, 0.5) is 26.3 Å². The van der Waals surface area contributed by atoms with Gasteiger partial charge in [0, 0.05) is 0 Å². The first-order valence-electron chi connectivity index (χ1n) is 10.4. The molecular formula is C25H24F6O4. The molecule has 0 aromatic heterocycles. The van der Waals surface area contributed by atoms with E-state index < -0.39 is 24.4 Å². The van der Waals surface area contributed by atoms with Gasteiger partial charge >= 0.3 is 12.4 Å². The smallest absolute Gasteiger partial charge is 0.429 e. The van der Waals surface area contributed by atoms with Gasteiger partial charge in [0.2, 0.25) is 5.60 Å². The summed E-state index contributed by atoms with van der Waals surface area (Å²) in [7, 11) is 0. The van der Waals surface area contributed by atoms with Crippen molar-refractivity contribution in [3.05, 3.63) is 70.8 Å². The van der Waals surface area contributed by atoms with E-state index in [-0.39, 0.29) is 19.8 Å². The van der Waals surface area contributed by atoms with Crippen molar-refractivity contribution in [2.75, 3.05) is 0 Å². The van der Waals surface area contributed by atoms with Crippen LogP contribution < -0.4 is 4.74 Å². The van der Waals surface area contributed by atoms with Crippen molar-refractivity contribution in [1.29, 1.82) is 0 Å². The zero-order chi connectivity index (χ0) is 26.3. The van der Waals surface area contributed by atoms with Crippen LogP contribution in [-0.4, -0.2) is 33.3 Å². The highest BCUT2D eigenvalue weighted by Crippen LogP contribution is 2.38. The van der Waals surface area contributed by atoms with Crippen molar-refractivity contribution in [1.82, 2.24) is 0 Å². The Hall–Kier alpha value is -3.00. The van der Waals surface area contributed by atoms with E-state index in [1.165, 1.54) is 5.92 Å². The first kappa shape index (κ1) is 28.2. The lowest BCUT2D eigenvalue weighted by molar-refractivity contribution is -0.271. The highest BCUT2D eigenvalue weighted by Gasteiger charge is 2.58. The molecule has 0 saturated heterocycles. The van der Waals surface area contributed by atoms with Gasteiger partial charge in [0.15, 0.2) is 0 Å². The van der Waals surface area contributed by atoms with Crippen LogP contribution >= 0.6 is 0 Å². The SMILES string of the molecule is CC/C(=C\C#CC(O)(CC(F)(F)F)C(F)(F)F)c1cccc(OCc2ccc(CO)c(CO)c2)c1. The van der Waals surface area contributed by atoms with E-state index in [1.807, 2.05) is 5.92 Å². The Kier molecular flexibility index (Phi) is 9.38. The third-order valence-electron chi connectivity index (χ3n) is 5.05. The normalized spacial score (nSPS) is 14.2. The summed E-state index contributed by atoms with van der Waals surface area (Å²) in [5, 5.41) is 28.2. The quantitative estimate of drug-likeness (QED) is 0.339. The Bertz CT molecular complexity index is 1100. The van der Waals surface area contributed by atoms with E-state index in [0.717, 1.165) is 11.6 Å². The molecule has 0 heterocycles. The fraction of sp³-hybridized carbons (Fsp3) is 0.360. The molecule has 190 valence electrons. The summed E-state index contributed by atoms with van der Waals surface area (Å²) in [5.41, 5.74) is -1.40. The molecule has 35 heavy (non-hydrogen) atoms. The van der Waals surface area contributed by atoms with Gasteiger partial charge in [0.1, 0.15) is 12.4 Å². The van der Waals surface area contributed by atoms with Crippen LogP contribution in [0.2, 0.25) is 0 Å². The van der Waals surface area contributed by atoms with Crippen molar-refractivity contribution in [2.45, 2.75) is 57.5 Å². The molecule has 0 aliphatic heterocycles. The highest BCUT2D eigenvalue weighted by molar-refractivity contribution is 5.69. The average Bonchev–Trinajstić information content (AvgIpc) is 2.78. The lowest BCUT2D eigenvalue weighted by Crippen LogP contribution is -2.47. The number of hydrogen-bond donors (Lipinski definition) is 3. The van der Waals surface area contributed by atoms with Crippen molar-refractivity contribution in [2.24, 2.45) is 0 Å². The lowest BCUT2D eigenvalue weighted by atomic mass is 9.98. The number of alkyl halides is 6. The van der Waals surface area contributed by atoms with E-state index in [4.69, 9.17) is 4.74 Å². The molecule has 0 bridgehead atoms. The summed E-state index contributed by atoms with van der Waals surface area (Å²) in [6, 6.07) is 11.6. The Morgan fingerprint density at radius 2 is 1.66 bits per heavy atom. The Morgan fingerprint density at radius 3 is 2.23 bits per heavy atom. The number of ether oxygens (including phenoxy) is 1. The number of hydrogen-bond acceptors (Lipinski definition) is 4. The van der Waals surface area contributed by atoms with Gasteiger partial charge in [-0.2, -0.15) is 26.3 Å². The summed E-state index contributed by atoms with van der Waals surface area (Å²) in [6.45, 7) is 1.34. The van der Waals surface area contributed by atoms with Crippen molar-refractivity contribution in [3.63, 3.8) is 0 Å². The van der Waals surface area contributed by atoms with Gasteiger partial charge < -0.3 is 20.1 Å². The van der Waals surface area contributed by atoms with Crippen LogP contribution in [0.15, 0.2) is 48.5 Å². The molecule has 0 amide bonds. The number of allylic oxidation sites excluding steroid dienone is 2. The topological polar surface area (TPSA) is 69.9 Å². The molecule has 2 aromatic rings. The minimum atomic E-state index is -5.59. The third-order valence-corrected chi connectivity index (χ3v) is 5.05. The first-order valence-corrected chi connectivity index (χ1v) is 10.4. The zero-order valence-electron chi connectivity index (χ0n) is 18.7. The molecule has 0 saturated carbocycles. The van der Waals surface area contributed by atoms with Crippen molar-refractivity contribution >= 4 is 5.57 Å². The summed E-state index contributed by atoms with van der Waals surface area (Å²) in [5.74, 6) is 3.67. The monoisotopic (exact) mass is 502 g/mol. The molecule has 1 unspecified atom stereocenters. The molecule has 2 rings (SSSR count). The molecule has 0 aliphatic carbocycles. The van der Waals surface area contributed by atoms with Gasteiger partial charge in [-0.15, -0.1) is 0 Å². The van der Waals surface area contributed by atoms with Crippen molar-refractivity contribution < 1.29 is 46.4 Å². The molecule has 0 radical (unpaired) electrons. The van der Waals surface area contributed by atoms with Crippen LogP contribution in [-0.2, 0) is 19.8 Å². The fourth-order valence-electron chi connectivity index (χ4n) is 3.16. The number of halogens is 6. The predicted octanol–water partition coefficient (Wildman–Crippen LogP) is 5.29. The van der Waals surface area contributed by atoms with E-state index in [1.54, 1.807) is 49.4 Å². The van der Waals surface area contributed by atoms with Gasteiger partial charge in [0.25, 0.3) is 0 Å². The van der Waals surface area contributed by atoms with E-state index in [2.05, 4.69) is 0 Å². The summed E-state index contributed by atoms with van der Waals surface area (Å²) >= 11 is 0. The predicted molar refractivity (Wildman–Crippen MR) is 117 cm³/mol. The van der Waals surface area contributed by atoms with Gasteiger partial charge in [-0.25, -0.2) is 0 Å². The summed E-state index contributed by atoms with van der Waals surface area (Å²) in [4.78, 5) is 0. The van der Waals surface area contributed by atoms with Crippen LogP contribution in [0, 0.1) is 11.8 Å². The minimum Gasteiger partial charge on any atom is -0.489 e. The van der Waals surface area contributed by atoms with E-state index in [0.29, 0.717) is 34.4 Å². The van der Waals surface area contributed by atoms with E-state index in [9.17, 15) is 41.7 Å². The third kappa shape index (κ3) is 8.02. The molecule has 0 spiro atoms. The molecule has 10 heteroatoms. The fourth-order valence-corrected chi connectivity index (χ4v) is 3.16. The molecule has 3 N–H and O–H groups in total. The highest BCUT2D eigenvalue weighted by atomic mass is 19.4. The minimum absolute atomic E-state index is 0.128. The number of aliphatic hydroxyl groups is 3. The molecule has 4 nitrogen and oxygen atoms in total. The van der Waals surface area contributed by atoms with Gasteiger partial charge in [-0.3, -0.25) is 0 Å². The molecular weight excluding hydrogens is 478 g/mol. The molecule has 0 aliphatic rings.